The van der Waals surface area contributed by atoms with Crippen molar-refractivity contribution in [3.8, 4) is 17.2 Å². The molecule has 0 bridgehead atoms. The molecule has 2 aromatic heterocycles. The molecule has 7 rings (SSSR count). The molecule has 14 heteroatoms. The van der Waals surface area contributed by atoms with Gasteiger partial charge in [0.05, 0.1) is 1.37 Å². The zero-order valence-corrected chi connectivity index (χ0v) is 44.0. The van der Waals surface area contributed by atoms with Gasteiger partial charge < -0.3 is 47.2 Å². The number of phenolic OH excluding ortho intramolecular Hbond substituents is 3. The largest absolute Gasteiger partial charge is 0.508 e. The van der Waals surface area contributed by atoms with Gasteiger partial charge in [-0.1, -0.05) is 156 Å². The van der Waals surface area contributed by atoms with Crippen molar-refractivity contribution in [3.05, 3.63) is 162 Å². The van der Waals surface area contributed by atoms with Gasteiger partial charge in [0, 0.05) is 106 Å². The van der Waals surface area contributed by atoms with Gasteiger partial charge in [0.15, 0.2) is 0 Å². The molecule has 0 aliphatic rings. The number of anilines is 3. The number of amides is 1. The number of nitrogens with two attached hydrogens (primary N) is 2. The lowest BCUT2D eigenvalue weighted by Gasteiger charge is -2.28. The van der Waals surface area contributed by atoms with Crippen LogP contribution in [0.25, 0.3) is 21.8 Å². The Kier molecular flexibility index (Phi) is 10.7. The number of H-pyrrole nitrogens is 2. The third-order valence-corrected chi connectivity index (χ3v) is 11.3. The number of halogens is 1. The Bertz CT molecular complexity index is 4340. The summed E-state index contributed by atoms with van der Waals surface area (Å²) in [6.45, 7) is -16.3. The van der Waals surface area contributed by atoms with Crippen molar-refractivity contribution in [2.24, 2.45) is 0 Å². The molecule has 0 aliphatic heterocycles. The van der Waals surface area contributed by atoms with Gasteiger partial charge in [-0.25, -0.2) is 4.79 Å². The number of fused-ring (bicyclic) bond motifs is 2. The van der Waals surface area contributed by atoms with Gasteiger partial charge in [0.1, 0.15) is 28.4 Å². The summed E-state index contributed by atoms with van der Waals surface area (Å²) in [7, 11) is 0. The van der Waals surface area contributed by atoms with Crippen LogP contribution in [0.2, 0.25) is 0 Å². The van der Waals surface area contributed by atoms with Crippen LogP contribution in [0, 0.1) is 0 Å². The van der Waals surface area contributed by atoms with Crippen LogP contribution in [0.3, 0.4) is 0 Å². The number of benzene rings is 5. The van der Waals surface area contributed by atoms with Gasteiger partial charge in [-0.3, -0.25) is 14.4 Å². The highest BCUT2D eigenvalue weighted by Crippen LogP contribution is 2.41. The van der Waals surface area contributed by atoms with Crippen molar-refractivity contribution in [2.45, 2.75) is 164 Å². The molecule has 0 fully saturated rings. The molecule has 418 valence electrons. The number of rotatable bonds is 3. The number of hydrogen-bond donors (Lipinski definition) is 9. The smallest absolute Gasteiger partial charge is 0.341 e. The average Bonchev–Trinajstić information content (AvgIpc) is 0.710. The Morgan fingerprint density at radius 1 is 0.519 bits per heavy atom. The van der Waals surface area contributed by atoms with E-state index in [9.17, 15) is 34.5 Å². The number of nitrogens with one attached hydrogen (secondary N) is 3. The molecule has 13 nitrogen and oxygen atoms in total. The fraction of sp³-hybridized carbons (Fsp3) is 0.397. The molecule has 0 radical (unpaired) electrons. The third kappa shape index (κ3) is 16.4. The molecule has 0 saturated carbocycles. The van der Waals surface area contributed by atoms with E-state index in [-0.39, 0.29) is 64.5 Å². The van der Waals surface area contributed by atoms with Crippen LogP contribution >= 0.6 is 12.4 Å². The summed E-state index contributed by atoms with van der Waals surface area (Å²) in [5.74, 6) is -4.82. The van der Waals surface area contributed by atoms with Crippen molar-refractivity contribution in [2.75, 3.05) is 16.8 Å². The number of aromatic nitrogens is 2. The number of aromatic hydroxyl groups is 3. The minimum Gasteiger partial charge on any atom is -0.508 e. The molecule has 0 aliphatic carbocycles. The Labute approximate surface area is 501 Å². The summed E-state index contributed by atoms with van der Waals surface area (Å²) in [5.41, 5.74) is -2.75. The van der Waals surface area contributed by atoms with Crippen LogP contribution in [-0.4, -0.2) is 42.3 Å². The maximum absolute atomic E-state index is 13.1. The standard InChI is InChI=1S/C24H28N2O3.2C14H23NO.C10H7NO3.CH4.ClH/c1-23(2,3)16-11-17(24(4,5)6)20(27)12-19(16)26-22(29)15-13-25-18-10-8-7-9-14(18)21(15)28;2*1-13(2,3)9-7-10(14(4,5)6)12(16)8-11(9)15;12-9-6-3-1-2-4-8(6)11-5-7(9)10(13)14;;/h7-13,27H,1-6H3,(H,25,28)(H,26,29);2*7-8,16H,15H2,1-6H3;1-5H,(H,11,12)(H,13,14);1H4;1H/i4D3,5D3,6D3;4D3,5D3,6D3,8D;4D3,5D3,6D3;;;. The summed E-state index contributed by atoms with van der Waals surface area (Å²) in [6, 6.07) is 17.7. The van der Waals surface area contributed by atoms with Crippen LogP contribution in [-0.2, 0) is 32.5 Å². The number of aromatic carboxylic acids is 1. The van der Waals surface area contributed by atoms with Crippen molar-refractivity contribution in [3.63, 3.8) is 0 Å². The molecule has 2 heterocycles. The number of phenols is 3. The Balaban J connectivity index is 0.000000496. The van der Waals surface area contributed by atoms with E-state index < -0.39 is 157 Å². The van der Waals surface area contributed by atoms with E-state index in [1.807, 2.05) is 0 Å². The highest BCUT2D eigenvalue weighted by atomic mass is 35.5. The van der Waals surface area contributed by atoms with Gasteiger partial charge >= 0.3 is 5.97 Å². The van der Waals surface area contributed by atoms with Gasteiger partial charge in [-0.2, -0.15) is 0 Å². The predicted octanol–water partition coefficient (Wildman–Crippen LogP) is 14.5. The summed E-state index contributed by atoms with van der Waals surface area (Å²) in [6.07, 6.45) is 2.45. The van der Waals surface area contributed by atoms with Gasteiger partial charge in [-0.05, 0) is 108 Å². The normalized spacial score (nSPS) is 18.7. The summed E-state index contributed by atoms with van der Waals surface area (Å²) in [5, 5.41) is 43.5. The molecule has 0 unspecified atom stereocenters. The number of hydrogen-bond acceptors (Lipinski definition) is 9. The summed E-state index contributed by atoms with van der Waals surface area (Å²) < 4.78 is 219. The van der Waals surface area contributed by atoms with E-state index in [0.29, 0.717) is 22.0 Å². The van der Waals surface area contributed by atoms with Crippen LogP contribution in [0.4, 0.5) is 17.1 Å². The fourth-order valence-electron chi connectivity index (χ4n) is 7.48. The number of nitrogen functional groups attached to an aromatic ring is 2. The Morgan fingerprint density at radius 3 is 1.30 bits per heavy atom. The lowest BCUT2D eigenvalue weighted by atomic mass is 9.79. The SMILES string of the molecule is C.Cl.O=C(O)c1c[nH]c2ccccc2c1=O.[2H]C([2H])([2H])C(c1cc(C(C)(C)C)c(N)cc1O)(C([2H])([2H])[2H])C([2H])([2H])[2H].[2H]C([2H])([2H])C(c1cc(C(C)(C)C)c(NC(=O)c2c[nH]c3ccccc3c2=O)cc1O)(C([2H])([2H])[2H])C([2H])([2H])[2H].[2H]c1c(N)c(C(C)(C)C)cc(C(C([2H])([2H])[2H])(C([2H])([2H])[2H])C([2H])([2H])[2H])c1O. The summed E-state index contributed by atoms with van der Waals surface area (Å²) >= 11 is 0. The first-order chi connectivity index (χ1) is 45.8. The quantitative estimate of drug-likeness (QED) is 0.0758. The molecule has 0 spiro atoms. The Hall–Kier alpha value is -7.25. The molecular weight excluding hydrogens is 990 g/mol. The highest BCUT2D eigenvalue weighted by Gasteiger charge is 2.28. The lowest BCUT2D eigenvalue weighted by molar-refractivity contribution is 0.0695. The monoisotopic (exact) mass is 1100 g/mol. The second kappa shape index (κ2) is 24.4. The average molecular weight is 1110 g/mol. The molecule has 0 saturated heterocycles. The minimum atomic E-state index is -3.58. The second-order valence-electron chi connectivity index (χ2n) is 20.6. The molecular formula is C63H86ClN5O8. The summed E-state index contributed by atoms with van der Waals surface area (Å²) in [4.78, 5) is 53.9. The molecule has 0 atom stereocenters. The van der Waals surface area contributed by atoms with Crippen molar-refractivity contribution < 1.29 is 68.4 Å². The van der Waals surface area contributed by atoms with Crippen molar-refractivity contribution in [1.29, 1.82) is 0 Å². The van der Waals surface area contributed by atoms with Gasteiger partial charge in [0.2, 0.25) is 10.9 Å². The zero-order chi connectivity index (χ0) is 80.5. The number of carboxylic acids is 1. The zero-order valence-electron chi connectivity index (χ0n) is 71.1. The number of para-hydroxylation sites is 2. The number of aromatic amines is 2. The maximum atomic E-state index is 13.1. The first-order valence-electron chi connectivity index (χ1n) is 36.7. The van der Waals surface area contributed by atoms with Crippen LogP contribution in [0.15, 0.2) is 107 Å². The van der Waals surface area contributed by atoms with E-state index in [4.69, 9.17) is 55.0 Å². The number of carbonyl (C=O) groups is 2. The van der Waals surface area contributed by atoms with E-state index in [0.717, 1.165) is 30.3 Å². The maximum Gasteiger partial charge on any atom is 0.341 e. The minimum absolute atomic E-state index is 0. The third-order valence-electron chi connectivity index (χ3n) is 11.3. The molecule has 11 N–H and O–H groups in total. The van der Waals surface area contributed by atoms with Gasteiger partial charge in [0.25, 0.3) is 5.91 Å². The topological polar surface area (TPSA) is 245 Å². The van der Waals surface area contributed by atoms with E-state index in [1.165, 1.54) is 12.4 Å². The van der Waals surface area contributed by atoms with E-state index >= 15 is 0 Å². The first kappa shape index (κ1) is 33.8. The molecule has 77 heavy (non-hydrogen) atoms. The molecule has 1 amide bonds. The van der Waals surface area contributed by atoms with Gasteiger partial charge in [-0.15, -0.1) is 12.4 Å². The van der Waals surface area contributed by atoms with Crippen LogP contribution < -0.4 is 27.6 Å². The Morgan fingerprint density at radius 2 is 0.883 bits per heavy atom. The number of carbonyl (C=O) groups excluding carboxylic acids is 1. The van der Waals surface area contributed by atoms with Crippen LogP contribution in [0.1, 0.15) is 224 Å². The molecule has 7 aromatic rings. The van der Waals surface area contributed by atoms with E-state index in [1.54, 1.807) is 111 Å². The highest BCUT2D eigenvalue weighted by molar-refractivity contribution is 6.06. The molecule has 5 aromatic carbocycles. The van der Waals surface area contributed by atoms with Crippen molar-refractivity contribution >= 4 is 63.2 Å². The van der Waals surface area contributed by atoms with Crippen molar-refractivity contribution in [1.82, 2.24) is 9.97 Å². The van der Waals surface area contributed by atoms with Crippen LogP contribution in [0.5, 0.6) is 17.2 Å². The second-order valence-corrected chi connectivity index (χ2v) is 20.6. The fourth-order valence-corrected chi connectivity index (χ4v) is 7.48. The first-order valence-corrected chi connectivity index (χ1v) is 22.7. The lowest BCUT2D eigenvalue weighted by Crippen LogP contribution is -2.25. The van der Waals surface area contributed by atoms with E-state index in [2.05, 4.69) is 15.3 Å². The number of carboxylic acid groups (broad SMARTS) is 1. The predicted molar refractivity (Wildman–Crippen MR) is 323 cm³/mol. The number of pyridine rings is 2.